The number of nitrogens with one attached hydrogen (secondary N) is 3. The highest BCUT2D eigenvalue weighted by Crippen LogP contribution is 2.20. The summed E-state index contributed by atoms with van der Waals surface area (Å²) in [5, 5.41) is 35.9. The summed E-state index contributed by atoms with van der Waals surface area (Å²) in [5.74, 6) is -1.14. The first kappa shape index (κ1) is 33.5. The molecule has 260 valence electrons. The fourth-order valence-corrected chi connectivity index (χ4v) is 5.75. The third-order valence-corrected chi connectivity index (χ3v) is 8.42. The van der Waals surface area contributed by atoms with Gasteiger partial charge in [0.2, 0.25) is 0 Å². The summed E-state index contributed by atoms with van der Waals surface area (Å²) in [6.45, 7) is 1.53. The van der Waals surface area contributed by atoms with Crippen LogP contribution in [0.4, 0.5) is 0 Å². The van der Waals surface area contributed by atoms with Crippen molar-refractivity contribution in [2.45, 2.75) is 6.42 Å². The third kappa shape index (κ3) is 6.50. The summed E-state index contributed by atoms with van der Waals surface area (Å²) in [5.41, 5.74) is 4.42. The van der Waals surface area contributed by atoms with Crippen LogP contribution >= 0.6 is 0 Å². The monoisotopic (exact) mass is 696 g/mol. The molecule has 15 nitrogen and oxygen atoms in total. The molecule has 0 aliphatic heterocycles. The number of hydrogen-bond acceptors (Lipinski definition) is 9. The van der Waals surface area contributed by atoms with E-state index in [9.17, 15) is 19.2 Å². The Kier molecular flexibility index (Phi) is 9.07. The van der Waals surface area contributed by atoms with E-state index in [2.05, 4.69) is 40.8 Å². The van der Waals surface area contributed by atoms with E-state index in [4.69, 9.17) is 5.11 Å². The minimum absolute atomic E-state index is 0.129. The average molecular weight is 697 g/mol. The first-order valence-corrected chi connectivity index (χ1v) is 16.3. The van der Waals surface area contributed by atoms with Crippen LogP contribution < -0.4 is 16.4 Å². The van der Waals surface area contributed by atoms with Crippen LogP contribution in [-0.2, 0) is 0 Å². The van der Waals surface area contributed by atoms with E-state index in [0.717, 1.165) is 29.3 Å². The predicted molar refractivity (Wildman–Crippen MR) is 196 cm³/mol. The van der Waals surface area contributed by atoms with Crippen molar-refractivity contribution in [3.05, 3.63) is 129 Å². The number of carboxylic acid groups (broad SMARTS) is 1. The van der Waals surface area contributed by atoms with Gasteiger partial charge >= 0.3 is 5.97 Å². The molecular weight excluding hydrogens is 664 g/mol. The number of fused-ring (bicyclic) bond motifs is 6. The van der Waals surface area contributed by atoms with Crippen LogP contribution in [-0.4, -0.2) is 89.0 Å². The molecular formula is C37H32N10O5. The van der Waals surface area contributed by atoms with Crippen molar-refractivity contribution in [1.29, 1.82) is 0 Å². The highest BCUT2D eigenvalue weighted by molar-refractivity contribution is 6.01. The van der Waals surface area contributed by atoms with Gasteiger partial charge in [-0.05, 0) is 87.7 Å². The van der Waals surface area contributed by atoms with Gasteiger partial charge in [-0.2, -0.15) is 0 Å². The highest BCUT2D eigenvalue weighted by Gasteiger charge is 2.15. The van der Waals surface area contributed by atoms with E-state index in [1.807, 2.05) is 62.6 Å². The molecule has 0 atom stereocenters. The zero-order valence-electron chi connectivity index (χ0n) is 28.1. The molecule has 8 rings (SSSR count). The Balaban J connectivity index is 0.000000166. The molecule has 8 aromatic rings. The van der Waals surface area contributed by atoms with Crippen LogP contribution in [0.2, 0.25) is 0 Å². The quantitative estimate of drug-likeness (QED) is 0.169. The summed E-state index contributed by atoms with van der Waals surface area (Å²) in [6, 6.07) is 27.8. The van der Waals surface area contributed by atoms with Gasteiger partial charge in [0.25, 0.3) is 17.0 Å². The maximum atomic E-state index is 12.8. The number of amides is 1. The number of aromatic carboxylic acids is 1. The summed E-state index contributed by atoms with van der Waals surface area (Å²) >= 11 is 0. The fraction of sp³-hybridized carbons (Fsp3) is 0.135. The van der Waals surface area contributed by atoms with Gasteiger partial charge in [0.15, 0.2) is 11.0 Å². The van der Waals surface area contributed by atoms with Crippen molar-refractivity contribution in [3.63, 3.8) is 0 Å². The van der Waals surface area contributed by atoms with Crippen LogP contribution in [0.25, 0.3) is 55.2 Å². The van der Waals surface area contributed by atoms with Crippen molar-refractivity contribution in [1.82, 2.24) is 50.2 Å². The maximum absolute atomic E-state index is 12.8. The molecule has 0 saturated heterocycles. The Morgan fingerprint density at radius 2 is 1.13 bits per heavy atom. The Labute approximate surface area is 294 Å². The fourth-order valence-electron chi connectivity index (χ4n) is 5.75. The maximum Gasteiger partial charge on any atom is 0.335 e. The molecule has 4 heterocycles. The van der Waals surface area contributed by atoms with Gasteiger partial charge in [-0.3, -0.25) is 24.6 Å². The lowest BCUT2D eigenvalue weighted by Gasteiger charge is -2.10. The lowest BCUT2D eigenvalue weighted by atomic mass is 10.2. The molecule has 0 radical (unpaired) electrons. The van der Waals surface area contributed by atoms with Gasteiger partial charge in [-0.15, -0.1) is 20.4 Å². The molecule has 0 spiro atoms. The second-order valence-corrected chi connectivity index (χ2v) is 12.2. The zero-order valence-corrected chi connectivity index (χ0v) is 28.1. The zero-order chi connectivity index (χ0) is 36.4. The van der Waals surface area contributed by atoms with E-state index in [-0.39, 0.29) is 33.6 Å². The van der Waals surface area contributed by atoms with Crippen LogP contribution in [0, 0.1) is 0 Å². The van der Waals surface area contributed by atoms with Crippen molar-refractivity contribution >= 4 is 55.7 Å². The molecule has 4 aromatic carbocycles. The molecule has 0 aliphatic carbocycles. The van der Waals surface area contributed by atoms with Gasteiger partial charge in [-0.1, -0.05) is 36.4 Å². The van der Waals surface area contributed by atoms with Crippen LogP contribution in [0.3, 0.4) is 0 Å². The smallest absolute Gasteiger partial charge is 0.335 e. The van der Waals surface area contributed by atoms with Gasteiger partial charge in [0.05, 0.1) is 39.0 Å². The molecule has 0 aliphatic rings. The van der Waals surface area contributed by atoms with Crippen molar-refractivity contribution in [3.8, 4) is 11.4 Å². The molecule has 0 fully saturated rings. The molecule has 0 bridgehead atoms. The molecule has 0 unspecified atom stereocenters. The molecule has 52 heavy (non-hydrogen) atoms. The molecule has 4 N–H and O–H groups in total. The Hall–Kier alpha value is -7.00. The summed E-state index contributed by atoms with van der Waals surface area (Å²) < 4.78 is 2.75. The summed E-state index contributed by atoms with van der Waals surface area (Å²) in [7, 11) is 4.00. The number of aromatic amines is 2. The molecule has 4 aromatic heterocycles. The van der Waals surface area contributed by atoms with Gasteiger partial charge < -0.3 is 15.3 Å². The first-order chi connectivity index (χ1) is 25.2. The number of benzene rings is 4. The number of carbonyl (C=O) groups excluding carboxylic acids is 1. The van der Waals surface area contributed by atoms with Crippen LogP contribution in [0.15, 0.2) is 107 Å². The third-order valence-electron chi connectivity index (χ3n) is 8.42. The SMILES string of the molecule is CN(C)CCCNC(=O)c1ccc(-n2[nH]c3c(nnc4ccccc43)c2=O)cc1.O=C(O)c1ccc(-n2[nH]c3c(nnc4ccccc43)c2=O)cc1. The van der Waals surface area contributed by atoms with Gasteiger partial charge in [0.1, 0.15) is 0 Å². The van der Waals surface area contributed by atoms with E-state index < -0.39 is 5.97 Å². The second kappa shape index (κ2) is 14.1. The standard InChI is InChI=1S/C21H22N6O2.C16H10N4O3/c1-26(2)13-5-12-22-20(28)14-8-10-15(11-9-14)27-21(29)19-18(25-27)16-6-3-4-7-17(16)23-24-19;21-15-14-13(11-3-1-2-4-12(11)17-18-14)19-20(15)10-7-5-9(6-8-10)16(22)23/h3-4,6-11,25H,5,12-13H2,1-2H3,(H,22,28);1-8,19H,(H,22,23). The Morgan fingerprint density at radius 1 is 0.673 bits per heavy atom. The molecule has 1 amide bonds. The van der Waals surface area contributed by atoms with E-state index in [1.54, 1.807) is 36.4 Å². The van der Waals surface area contributed by atoms with Crippen molar-refractivity contribution in [2.24, 2.45) is 0 Å². The normalized spacial score (nSPS) is 11.3. The lowest BCUT2D eigenvalue weighted by Crippen LogP contribution is -2.27. The topological polar surface area (TPSA) is 197 Å². The Morgan fingerprint density at radius 3 is 1.60 bits per heavy atom. The molecule has 15 heteroatoms. The number of hydrogen-bond donors (Lipinski definition) is 4. The van der Waals surface area contributed by atoms with Gasteiger partial charge in [0, 0.05) is 22.9 Å². The average Bonchev–Trinajstić information content (AvgIpc) is 3.70. The van der Waals surface area contributed by atoms with Crippen molar-refractivity contribution in [2.75, 3.05) is 27.2 Å². The number of carboxylic acids is 1. The number of nitrogens with zero attached hydrogens (tertiary/aromatic N) is 7. The minimum Gasteiger partial charge on any atom is -0.478 e. The largest absolute Gasteiger partial charge is 0.478 e. The summed E-state index contributed by atoms with van der Waals surface area (Å²) in [4.78, 5) is 50.5. The lowest BCUT2D eigenvalue weighted by molar-refractivity contribution is 0.0696. The highest BCUT2D eigenvalue weighted by atomic mass is 16.4. The Bertz CT molecular complexity index is 2710. The van der Waals surface area contributed by atoms with E-state index in [0.29, 0.717) is 40.0 Å². The predicted octanol–water partition coefficient (Wildman–Crippen LogP) is 3.90. The van der Waals surface area contributed by atoms with Gasteiger partial charge in [-0.25, -0.2) is 14.2 Å². The number of H-pyrrole nitrogens is 2. The molecule has 0 saturated carbocycles. The van der Waals surface area contributed by atoms with Crippen molar-refractivity contribution < 1.29 is 14.7 Å². The minimum atomic E-state index is -1.02. The first-order valence-electron chi connectivity index (χ1n) is 16.3. The number of rotatable bonds is 8. The van der Waals surface area contributed by atoms with Crippen LogP contribution in [0.1, 0.15) is 27.1 Å². The van der Waals surface area contributed by atoms with E-state index >= 15 is 0 Å². The number of carbonyl (C=O) groups is 2. The second-order valence-electron chi connectivity index (χ2n) is 12.2. The van der Waals surface area contributed by atoms with E-state index in [1.165, 1.54) is 21.5 Å². The van der Waals surface area contributed by atoms with Crippen LogP contribution in [0.5, 0.6) is 0 Å². The summed E-state index contributed by atoms with van der Waals surface area (Å²) in [6.07, 6.45) is 0.885. The number of aromatic nitrogens is 8.